The lowest BCUT2D eigenvalue weighted by atomic mass is 10.1. The number of ether oxygens (including phenoxy) is 3. The monoisotopic (exact) mass is 452 g/mol. The summed E-state index contributed by atoms with van der Waals surface area (Å²) < 4.78 is 15.3. The molecule has 166 valence electrons. The Kier molecular flexibility index (Phi) is 13.1. The lowest BCUT2D eigenvalue weighted by Crippen LogP contribution is -2.46. The number of methoxy groups -OCH3 is 2. The molecule has 0 spiro atoms. The minimum absolute atomic E-state index is 0. The maximum atomic E-state index is 12.5. The van der Waals surface area contributed by atoms with E-state index in [9.17, 15) is 14.7 Å². The number of nitrogens with zero attached hydrogens (tertiary/aromatic N) is 2. The minimum Gasteiger partial charge on any atom is -0.479 e. The Bertz CT molecular complexity index is 641. The number of hydrogen-bond acceptors (Lipinski definition) is 7. The lowest BCUT2D eigenvalue weighted by Gasteiger charge is -2.34. The predicted octanol–water partition coefficient (Wildman–Crippen LogP) is 1.69. The molecule has 1 aliphatic heterocycles. The molecule has 1 aromatic carbocycles. The van der Waals surface area contributed by atoms with Crippen molar-refractivity contribution in [1.82, 2.24) is 9.80 Å². The second kappa shape index (κ2) is 13.7. The molecule has 0 bridgehead atoms. The van der Waals surface area contributed by atoms with E-state index in [2.05, 4.69) is 16.7 Å². The number of carbonyl (C=O) groups is 2. The SMILES string of the molecule is CCN1CCN(Cc2ccccc2OC(=O)C(OC)C(OC)C(=O)O)CC1.Cl.Cl. The van der Waals surface area contributed by atoms with Crippen LogP contribution in [0.5, 0.6) is 5.75 Å². The first-order valence-corrected chi connectivity index (χ1v) is 9.02. The summed E-state index contributed by atoms with van der Waals surface area (Å²) in [5.41, 5.74) is 0.870. The van der Waals surface area contributed by atoms with Crippen molar-refractivity contribution < 1.29 is 28.9 Å². The van der Waals surface area contributed by atoms with E-state index in [1.54, 1.807) is 12.1 Å². The topological polar surface area (TPSA) is 88.5 Å². The zero-order valence-electron chi connectivity index (χ0n) is 16.9. The molecule has 1 heterocycles. The number of rotatable bonds is 9. The third kappa shape index (κ3) is 7.73. The van der Waals surface area contributed by atoms with Crippen LogP contribution in [0, 0.1) is 0 Å². The first-order chi connectivity index (χ1) is 13.0. The molecule has 0 aliphatic carbocycles. The van der Waals surface area contributed by atoms with Crippen LogP contribution in [-0.4, -0.2) is 86.0 Å². The van der Waals surface area contributed by atoms with Crippen molar-refractivity contribution in [2.24, 2.45) is 0 Å². The van der Waals surface area contributed by atoms with E-state index < -0.39 is 24.1 Å². The Morgan fingerprint density at radius 2 is 1.55 bits per heavy atom. The molecule has 2 unspecified atom stereocenters. The third-order valence-electron chi connectivity index (χ3n) is 4.75. The average molecular weight is 453 g/mol. The molecule has 1 fully saturated rings. The summed E-state index contributed by atoms with van der Waals surface area (Å²) >= 11 is 0. The highest BCUT2D eigenvalue weighted by molar-refractivity contribution is 5.86. The number of carbonyl (C=O) groups excluding carboxylic acids is 1. The van der Waals surface area contributed by atoms with Gasteiger partial charge in [0.15, 0.2) is 12.2 Å². The summed E-state index contributed by atoms with van der Waals surface area (Å²) in [6, 6.07) is 7.26. The van der Waals surface area contributed by atoms with E-state index in [1.807, 2.05) is 12.1 Å². The lowest BCUT2D eigenvalue weighted by molar-refractivity contribution is -0.169. The summed E-state index contributed by atoms with van der Waals surface area (Å²) in [4.78, 5) is 28.4. The molecule has 2 atom stereocenters. The summed E-state index contributed by atoms with van der Waals surface area (Å²) in [5.74, 6) is -1.68. The van der Waals surface area contributed by atoms with Crippen LogP contribution in [0.25, 0.3) is 0 Å². The number of aliphatic carboxylic acids is 1. The predicted molar refractivity (Wildman–Crippen MR) is 113 cm³/mol. The van der Waals surface area contributed by atoms with Crippen LogP contribution in [0.3, 0.4) is 0 Å². The van der Waals surface area contributed by atoms with Crippen LogP contribution in [-0.2, 0) is 25.6 Å². The molecular formula is C19H30Cl2N2O6. The number of hydrogen-bond donors (Lipinski definition) is 1. The van der Waals surface area contributed by atoms with E-state index >= 15 is 0 Å². The van der Waals surface area contributed by atoms with Gasteiger partial charge in [-0.1, -0.05) is 25.1 Å². The molecular weight excluding hydrogens is 423 g/mol. The van der Waals surface area contributed by atoms with Crippen LogP contribution < -0.4 is 4.74 Å². The van der Waals surface area contributed by atoms with Gasteiger partial charge < -0.3 is 24.2 Å². The van der Waals surface area contributed by atoms with Gasteiger partial charge in [-0.3, -0.25) is 4.90 Å². The van der Waals surface area contributed by atoms with Gasteiger partial charge in [0.1, 0.15) is 5.75 Å². The first kappa shape index (κ1) is 27.6. The summed E-state index contributed by atoms with van der Waals surface area (Å²) in [5, 5.41) is 9.18. The number of para-hydroxylation sites is 1. The fourth-order valence-electron chi connectivity index (χ4n) is 3.10. The van der Waals surface area contributed by atoms with Crippen molar-refractivity contribution in [1.29, 1.82) is 0 Å². The minimum atomic E-state index is -1.43. The molecule has 1 N–H and O–H groups in total. The standard InChI is InChI=1S/C19H28N2O6.2ClH/c1-4-20-9-11-21(12-10-20)13-14-7-5-6-8-15(14)27-19(24)17(26-3)16(25-2)18(22)23;;/h5-8,16-17H,4,9-13H2,1-3H3,(H,22,23);2*1H. The summed E-state index contributed by atoms with van der Waals surface area (Å²) in [6.45, 7) is 7.77. The maximum absolute atomic E-state index is 12.5. The Morgan fingerprint density at radius 3 is 2.07 bits per heavy atom. The van der Waals surface area contributed by atoms with Crippen molar-refractivity contribution in [3.8, 4) is 5.75 Å². The molecule has 0 aromatic heterocycles. The fourth-order valence-corrected chi connectivity index (χ4v) is 3.10. The second-order valence-electron chi connectivity index (χ2n) is 6.39. The number of halogens is 2. The Morgan fingerprint density at radius 1 is 1.00 bits per heavy atom. The molecule has 8 nitrogen and oxygen atoms in total. The highest BCUT2D eigenvalue weighted by Crippen LogP contribution is 2.22. The van der Waals surface area contributed by atoms with Crippen molar-refractivity contribution in [2.45, 2.75) is 25.7 Å². The largest absolute Gasteiger partial charge is 0.479 e. The van der Waals surface area contributed by atoms with Gasteiger partial charge in [0.2, 0.25) is 0 Å². The first-order valence-electron chi connectivity index (χ1n) is 9.02. The van der Waals surface area contributed by atoms with Gasteiger partial charge in [-0.05, 0) is 12.6 Å². The van der Waals surface area contributed by atoms with Crippen molar-refractivity contribution >= 4 is 36.8 Å². The molecule has 2 rings (SSSR count). The summed E-state index contributed by atoms with van der Waals surface area (Å²) in [6.07, 6.45) is -2.79. The van der Waals surface area contributed by atoms with Gasteiger partial charge >= 0.3 is 11.9 Å². The summed E-state index contributed by atoms with van der Waals surface area (Å²) in [7, 11) is 2.46. The van der Waals surface area contributed by atoms with E-state index in [0.29, 0.717) is 12.3 Å². The molecule has 0 saturated carbocycles. The van der Waals surface area contributed by atoms with Crippen LogP contribution in [0.2, 0.25) is 0 Å². The van der Waals surface area contributed by atoms with Crippen LogP contribution in [0.4, 0.5) is 0 Å². The van der Waals surface area contributed by atoms with E-state index in [0.717, 1.165) is 38.3 Å². The Labute approximate surface area is 183 Å². The normalized spacial score (nSPS) is 16.8. The quantitative estimate of drug-likeness (QED) is 0.447. The van der Waals surface area contributed by atoms with Gasteiger partial charge in [0, 0.05) is 52.5 Å². The van der Waals surface area contributed by atoms with Gasteiger partial charge in [-0.25, -0.2) is 9.59 Å². The number of likely N-dealkylation sites (N-methyl/N-ethyl adjacent to an activating group) is 1. The van der Waals surface area contributed by atoms with Crippen molar-refractivity contribution in [3.05, 3.63) is 29.8 Å². The second-order valence-corrected chi connectivity index (χ2v) is 6.39. The van der Waals surface area contributed by atoms with Gasteiger partial charge in [-0.15, -0.1) is 24.8 Å². The average Bonchev–Trinajstić information content (AvgIpc) is 2.67. The Balaban J connectivity index is 0.00000392. The zero-order chi connectivity index (χ0) is 19.8. The molecule has 1 aliphatic rings. The van der Waals surface area contributed by atoms with Crippen LogP contribution >= 0.6 is 24.8 Å². The van der Waals surface area contributed by atoms with E-state index in [1.165, 1.54) is 14.2 Å². The number of benzene rings is 1. The van der Waals surface area contributed by atoms with Crippen molar-refractivity contribution in [3.63, 3.8) is 0 Å². The molecule has 0 amide bonds. The fraction of sp³-hybridized carbons (Fsp3) is 0.579. The van der Waals surface area contributed by atoms with E-state index in [4.69, 9.17) is 14.2 Å². The smallest absolute Gasteiger partial charge is 0.344 e. The van der Waals surface area contributed by atoms with E-state index in [-0.39, 0.29) is 24.8 Å². The molecule has 1 aromatic rings. The Hall–Kier alpha value is -1.42. The molecule has 10 heteroatoms. The number of carboxylic acids is 1. The number of esters is 1. The highest BCUT2D eigenvalue weighted by Gasteiger charge is 2.36. The third-order valence-corrected chi connectivity index (χ3v) is 4.75. The highest BCUT2D eigenvalue weighted by atomic mass is 35.5. The van der Waals surface area contributed by atoms with Gasteiger partial charge in [-0.2, -0.15) is 0 Å². The van der Waals surface area contributed by atoms with Crippen LogP contribution in [0.1, 0.15) is 12.5 Å². The maximum Gasteiger partial charge on any atom is 0.344 e. The molecule has 1 saturated heterocycles. The molecule has 0 radical (unpaired) electrons. The molecule has 29 heavy (non-hydrogen) atoms. The van der Waals surface area contributed by atoms with Gasteiger partial charge in [0.25, 0.3) is 0 Å². The zero-order valence-corrected chi connectivity index (χ0v) is 18.5. The van der Waals surface area contributed by atoms with Gasteiger partial charge in [0.05, 0.1) is 0 Å². The number of carboxylic acid groups (broad SMARTS) is 1. The number of piperazine rings is 1. The van der Waals surface area contributed by atoms with Crippen molar-refractivity contribution in [2.75, 3.05) is 46.9 Å². The van der Waals surface area contributed by atoms with Crippen LogP contribution in [0.15, 0.2) is 24.3 Å².